The molecular formula is C17H25NO5. The van der Waals surface area contributed by atoms with Gasteiger partial charge in [-0.05, 0) is 39.4 Å². The first-order chi connectivity index (χ1) is 11.1. The topological polar surface area (TPSA) is 68.2 Å². The van der Waals surface area contributed by atoms with Crippen molar-refractivity contribution in [1.29, 1.82) is 0 Å². The lowest BCUT2D eigenvalue weighted by Gasteiger charge is -2.30. The van der Waals surface area contributed by atoms with Crippen LogP contribution in [-0.4, -0.2) is 55.9 Å². The maximum absolute atomic E-state index is 11.8. The summed E-state index contributed by atoms with van der Waals surface area (Å²) in [6.45, 7) is 3.82. The first-order valence-electron chi connectivity index (χ1n) is 7.93. The third-order valence-corrected chi connectivity index (χ3v) is 3.89. The Morgan fingerprint density at radius 2 is 2.26 bits per heavy atom. The third-order valence-electron chi connectivity index (χ3n) is 3.89. The highest BCUT2D eigenvalue weighted by atomic mass is 16.5. The molecule has 1 N–H and O–H groups in total. The van der Waals surface area contributed by atoms with Gasteiger partial charge in [-0.25, -0.2) is 4.79 Å². The fourth-order valence-electron chi connectivity index (χ4n) is 2.80. The first kappa shape index (κ1) is 17.6. The molecule has 2 unspecified atom stereocenters. The second-order valence-corrected chi connectivity index (χ2v) is 5.68. The van der Waals surface area contributed by atoms with E-state index in [1.165, 1.54) is 7.11 Å². The normalized spacial score (nSPS) is 19.9. The Bertz CT molecular complexity index is 534. The molecule has 6 nitrogen and oxygen atoms in total. The first-order valence-corrected chi connectivity index (χ1v) is 7.93. The number of hydrogen-bond donors (Lipinski definition) is 1. The number of para-hydroxylation sites is 1. The molecule has 1 fully saturated rings. The van der Waals surface area contributed by atoms with E-state index < -0.39 is 12.1 Å². The van der Waals surface area contributed by atoms with Crippen LogP contribution in [0.25, 0.3) is 0 Å². The number of methoxy groups -OCH3 is 1. The number of likely N-dealkylation sites (N-methyl/N-ethyl adjacent to an activating group) is 1. The van der Waals surface area contributed by atoms with E-state index in [9.17, 15) is 9.90 Å². The van der Waals surface area contributed by atoms with E-state index in [0.29, 0.717) is 17.1 Å². The molecule has 1 aromatic rings. The summed E-state index contributed by atoms with van der Waals surface area (Å²) in [4.78, 5) is 14.0. The van der Waals surface area contributed by atoms with E-state index in [-0.39, 0.29) is 12.7 Å². The van der Waals surface area contributed by atoms with E-state index in [1.807, 2.05) is 0 Å². The summed E-state index contributed by atoms with van der Waals surface area (Å²) in [6.07, 6.45) is 0.729. The largest absolute Gasteiger partial charge is 0.492 e. The minimum absolute atomic E-state index is 0.0673. The van der Waals surface area contributed by atoms with Crippen LogP contribution in [0.5, 0.6) is 11.5 Å². The Kier molecular flexibility index (Phi) is 6.24. The number of ether oxygens (including phenoxy) is 3. The molecule has 2 rings (SSSR count). The average Bonchev–Trinajstić information content (AvgIpc) is 2.54. The molecular weight excluding hydrogens is 298 g/mol. The predicted molar refractivity (Wildman–Crippen MR) is 85.7 cm³/mol. The van der Waals surface area contributed by atoms with E-state index in [1.54, 1.807) is 25.1 Å². The van der Waals surface area contributed by atoms with Gasteiger partial charge in [0.15, 0.2) is 17.6 Å². The van der Waals surface area contributed by atoms with Crippen molar-refractivity contribution in [2.75, 3.05) is 33.9 Å². The Morgan fingerprint density at radius 3 is 2.91 bits per heavy atom. The molecule has 128 valence electrons. The minimum Gasteiger partial charge on any atom is -0.492 e. The summed E-state index contributed by atoms with van der Waals surface area (Å²) in [7, 11) is 3.56. The molecule has 2 atom stereocenters. The molecule has 6 heteroatoms. The van der Waals surface area contributed by atoms with Gasteiger partial charge >= 0.3 is 5.97 Å². The summed E-state index contributed by atoms with van der Waals surface area (Å²) in [6, 6.07) is 5.16. The van der Waals surface area contributed by atoms with E-state index in [4.69, 9.17) is 14.2 Å². The number of rotatable bonds is 6. The molecule has 0 radical (unpaired) electrons. The van der Waals surface area contributed by atoms with E-state index in [2.05, 4.69) is 11.9 Å². The van der Waals surface area contributed by atoms with Crippen LogP contribution in [0.4, 0.5) is 0 Å². The number of aliphatic hydroxyl groups excluding tert-OH is 1. The zero-order valence-corrected chi connectivity index (χ0v) is 13.9. The fraction of sp³-hybridized carbons (Fsp3) is 0.588. The van der Waals surface area contributed by atoms with Crippen molar-refractivity contribution in [2.45, 2.75) is 32.0 Å². The standard InChI is InChI=1S/C17H25NO5/c1-4-22-17(20)15(19)13-8-5-9-14(16(13)21-3)23-12-7-6-10-18(2)11-12/h5,8-9,12,15,19H,4,6-7,10-11H2,1-3H3. The van der Waals surface area contributed by atoms with Crippen molar-refractivity contribution in [2.24, 2.45) is 0 Å². The van der Waals surface area contributed by atoms with Crippen LogP contribution in [-0.2, 0) is 9.53 Å². The second kappa shape index (κ2) is 8.17. The van der Waals surface area contributed by atoms with Crippen LogP contribution < -0.4 is 9.47 Å². The van der Waals surface area contributed by atoms with E-state index >= 15 is 0 Å². The lowest BCUT2D eigenvalue weighted by atomic mass is 10.1. The minimum atomic E-state index is -1.39. The number of carbonyl (C=O) groups excluding carboxylic acids is 1. The van der Waals surface area contributed by atoms with Gasteiger partial charge in [-0.1, -0.05) is 12.1 Å². The molecule has 1 aliphatic rings. The predicted octanol–water partition coefficient (Wildman–Crippen LogP) is 1.76. The molecule has 23 heavy (non-hydrogen) atoms. The van der Waals surface area contributed by atoms with Gasteiger partial charge in [0.1, 0.15) is 6.10 Å². The molecule has 1 aliphatic heterocycles. The number of aliphatic hydroxyl groups is 1. The number of benzene rings is 1. The van der Waals surface area contributed by atoms with Crippen LogP contribution >= 0.6 is 0 Å². The van der Waals surface area contributed by atoms with E-state index in [0.717, 1.165) is 25.9 Å². The van der Waals surface area contributed by atoms with Crippen molar-refractivity contribution >= 4 is 5.97 Å². The zero-order valence-electron chi connectivity index (χ0n) is 13.9. The molecule has 0 amide bonds. The van der Waals surface area contributed by atoms with Crippen LogP contribution in [0, 0.1) is 0 Å². The van der Waals surface area contributed by atoms with Crippen molar-refractivity contribution in [3.63, 3.8) is 0 Å². The van der Waals surface area contributed by atoms with Gasteiger partial charge in [-0.2, -0.15) is 0 Å². The Hall–Kier alpha value is -1.79. The van der Waals surface area contributed by atoms with Gasteiger partial charge in [0, 0.05) is 12.1 Å². The number of carbonyl (C=O) groups is 1. The summed E-state index contributed by atoms with van der Waals surface area (Å²) in [5.74, 6) is 0.218. The van der Waals surface area contributed by atoms with Crippen molar-refractivity contribution in [3.8, 4) is 11.5 Å². The molecule has 0 aromatic heterocycles. The lowest BCUT2D eigenvalue weighted by Crippen LogP contribution is -2.38. The lowest BCUT2D eigenvalue weighted by molar-refractivity contribution is -0.153. The SMILES string of the molecule is CCOC(=O)C(O)c1cccc(OC2CCCN(C)C2)c1OC. The smallest absolute Gasteiger partial charge is 0.339 e. The van der Waals surface area contributed by atoms with Crippen LogP contribution in [0.2, 0.25) is 0 Å². The Balaban J connectivity index is 2.20. The summed E-state index contributed by atoms with van der Waals surface area (Å²) < 4.78 is 16.3. The van der Waals surface area contributed by atoms with Crippen LogP contribution in [0.15, 0.2) is 18.2 Å². The zero-order chi connectivity index (χ0) is 16.8. The summed E-state index contributed by atoms with van der Waals surface area (Å²) in [5, 5.41) is 10.2. The van der Waals surface area contributed by atoms with Gasteiger partial charge in [0.2, 0.25) is 0 Å². The van der Waals surface area contributed by atoms with Gasteiger partial charge in [-0.3, -0.25) is 0 Å². The van der Waals surface area contributed by atoms with Gasteiger partial charge in [0.25, 0.3) is 0 Å². The van der Waals surface area contributed by atoms with Gasteiger partial charge in [-0.15, -0.1) is 0 Å². The molecule has 0 bridgehead atoms. The Labute approximate surface area is 136 Å². The quantitative estimate of drug-likeness (QED) is 0.805. The highest BCUT2D eigenvalue weighted by Gasteiger charge is 2.26. The van der Waals surface area contributed by atoms with Gasteiger partial charge < -0.3 is 24.2 Å². The van der Waals surface area contributed by atoms with Crippen molar-refractivity contribution in [3.05, 3.63) is 23.8 Å². The summed E-state index contributed by atoms with van der Waals surface area (Å²) >= 11 is 0. The number of likely N-dealkylation sites (tertiary alicyclic amines) is 1. The maximum atomic E-state index is 11.8. The highest BCUT2D eigenvalue weighted by Crippen LogP contribution is 2.36. The molecule has 0 aliphatic carbocycles. The van der Waals surface area contributed by atoms with Crippen LogP contribution in [0.1, 0.15) is 31.4 Å². The number of hydrogen-bond acceptors (Lipinski definition) is 6. The maximum Gasteiger partial charge on any atom is 0.339 e. The number of piperidine rings is 1. The third kappa shape index (κ3) is 4.36. The molecule has 0 spiro atoms. The molecule has 1 heterocycles. The number of nitrogens with zero attached hydrogens (tertiary/aromatic N) is 1. The summed E-state index contributed by atoms with van der Waals surface area (Å²) in [5.41, 5.74) is 0.354. The fourth-order valence-corrected chi connectivity index (χ4v) is 2.80. The second-order valence-electron chi connectivity index (χ2n) is 5.68. The monoisotopic (exact) mass is 323 g/mol. The molecule has 1 aromatic carbocycles. The van der Waals surface area contributed by atoms with Crippen LogP contribution in [0.3, 0.4) is 0 Å². The van der Waals surface area contributed by atoms with Crippen molar-refractivity contribution in [1.82, 2.24) is 4.90 Å². The highest BCUT2D eigenvalue weighted by molar-refractivity contribution is 5.77. The van der Waals surface area contributed by atoms with Crippen molar-refractivity contribution < 1.29 is 24.1 Å². The molecule has 0 saturated carbocycles. The Morgan fingerprint density at radius 1 is 1.48 bits per heavy atom. The average molecular weight is 323 g/mol. The molecule has 1 saturated heterocycles. The number of esters is 1. The van der Waals surface area contributed by atoms with Gasteiger partial charge in [0.05, 0.1) is 13.7 Å².